The first-order valence-electron chi connectivity index (χ1n) is 5.21. The van der Waals surface area contributed by atoms with Gasteiger partial charge < -0.3 is 10.5 Å². The summed E-state index contributed by atoms with van der Waals surface area (Å²) in [7, 11) is 0. The standard InChI is InChI=1S/C13H10F3NO/c14-9-2-4-13(11(16)6-9)18-12-3-1-8(7-17)5-10(12)15/h1-6H,7,17H2. The number of nitrogens with two attached hydrogens (primary N) is 1. The van der Waals surface area contributed by atoms with Crippen LogP contribution >= 0.6 is 0 Å². The van der Waals surface area contributed by atoms with Crippen LogP contribution in [-0.2, 0) is 6.54 Å². The molecule has 0 unspecified atom stereocenters. The van der Waals surface area contributed by atoms with Crippen LogP contribution in [0, 0.1) is 17.5 Å². The molecule has 0 heterocycles. The molecule has 0 saturated carbocycles. The third-order valence-corrected chi connectivity index (χ3v) is 2.35. The van der Waals surface area contributed by atoms with Crippen molar-refractivity contribution in [2.75, 3.05) is 0 Å². The summed E-state index contributed by atoms with van der Waals surface area (Å²) in [5.41, 5.74) is 5.95. The highest BCUT2D eigenvalue weighted by Crippen LogP contribution is 2.27. The first kappa shape index (κ1) is 12.4. The van der Waals surface area contributed by atoms with Gasteiger partial charge in [-0.2, -0.15) is 0 Å². The molecule has 94 valence electrons. The van der Waals surface area contributed by atoms with Crippen molar-refractivity contribution in [3.8, 4) is 11.5 Å². The average Bonchev–Trinajstić information content (AvgIpc) is 2.34. The number of hydrogen-bond acceptors (Lipinski definition) is 2. The van der Waals surface area contributed by atoms with E-state index in [1.54, 1.807) is 6.07 Å². The molecule has 0 aliphatic heterocycles. The van der Waals surface area contributed by atoms with Crippen molar-refractivity contribution in [1.82, 2.24) is 0 Å². The zero-order valence-corrected chi connectivity index (χ0v) is 9.29. The zero-order chi connectivity index (χ0) is 13.1. The van der Waals surface area contributed by atoms with E-state index in [1.807, 2.05) is 0 Å². The fraction of sp³-hybridized carbons (Fsp3) is 0.0769. The summed E-state index contributed by atoms with van der Waals surface area (Å²) in [6.45, 7) is 0.197. The van der Waals surface area contributed by atoms with Crippen molar-refractivity contribution in [3.05, 3.63) is 59.4 Å². The second kappa shape index (κ2) is 5.10. The Bertz CT molecular complexity index is 572. The highest BCUT2D eigenvalue weighted by molar-refractivity contribution is 5.35. The molecular weight excluding hydrogens is 243 g/mol. The lowest BCUT2D eigenvalue weighted by Gasteiger charge is -2.08. The van der Waals surface area contributed by atoms with Gasteiger partial charge in [-0.25, -0.2) is 13.2 Å². The molecule has 5 heteroatoms. The summed E-state index contributed by atoms with van der Waals surface area (Å²) in [6.07, 6.45) is 0. The van der Waals surface area contributed by atoms with Crippen molar-refractivity contribution in [3.63, 3.8) is 0 Å². The Morgan fingerprint density at radius 2 is 1.50 bits per heavy atom. The lowest BCUT2D eigenvalue weighted by atomic mass is 10.2. The van der Waals surface area contributed by atoms with Crippen LogP contribution in [0.5, 0.6) is 11.5 Å². The highest BCUT2D eigenvalue weighted by atomic mass is 19.1. The van der Waals surface area contributed by atoms with Crippen molar-refractivity contribution < 1.29 is 17.9 Å². The predicted octanol–water partition coefficient (Wildman–Crippen LogP) is 3.35. The first-order chi connectivity index (χ1) is 8.60. The third kappa shape index (κ3) is 2.62. The van der Waals surface area contributed by atoms with Gasteiger partial charge in [0.25, 0.3) is 0 Å². The normalized spacial score (nSPS) is 10.4. The lowest BCUT2D eigenvalue weighted by molar-refractivity contribution is 0.411. The maximum absolute atomic E-state index is 13.6. The summed E-state index contributed by atoms with van der Waals surface area (Å²) >= 11 is 0. The van der Waals surface area contributed by atoms with Crippen LogP contribution in [0.4, 0.5) is 13.2 Å². The van der Waals surface area contributed by atoms with Gasteiger partial charge in [-0.3, -0.25) is 0 Å². The number of rotatable bonds is 3. The Morgan fingerprint density at radius 3 is 2.06 bits per heavy atom. The minimum Gasteiger partial charge on any atom is -0.451 e. The molecule has 2 aromatic rings. The van der Waals surface area contributed by atoms with Crippen LogP contribution in [0.25, 0.3) is 0 Å². The molecule has 2 rings (SSSR count). The van der Waals surface area contributed by atoms with Crippen LogP contribution in [-0.4, -0.2) is 0 Å². The van der Waals surface area contributed by atoms with E-state index < -0.39 is 17.5 Å². The maximum Gasteiger partial charge on any atom is 0.168 e. The molecule has 0 saturated heterocycles. The van der Waals surface area contributed by atoms with Gasteiger partial charge in [0.05, 0.1) is 0 Å². The summed E-state index contributed by atoms with van der Waals surface area (Å²) in [4.78, 5) is 0. The minimum atomic E-state index is -0.891. The average molecular weight is 253 g/mol. The number of benzene rings is 2. The van der Waals surface area contributed by atoms with E-state index in [2.05, 4.69) is 0 Å². The van der Waals surface area contributed by atoms with Crippen molar-refractivity contribution in [1.29, 1.82) is 0 Å². The Labute approximate surface area is 102 Å². The van der Waals surface area contributed by atoms with Gasteiger partial charge in [0.1, 0.15) is 5.82 Å². The summed E-state index contributed by atoms with van der Waals surface area (Å²) in [5, 5.41) is 0. The zero-order valence-electron chi connectivity index (χ0n) is 9.29. The van der Waals surface area contributed by atoms with E-state index in [0.29, 0.717) is 11.6 Å². The van der Waals surface area contributed by atoms with E-state index in [4.69, 9.17) is 10.5 Å². The van der Waals surface area contributed by atoms with Gasteiger partial charge in [-0.15, -0.1) is 0 Å². The largest absolute Gasteiger partial charge is 0.451 e. The second-order valence-corrected chi connectivity index (χ2v) is 3.65. The quantitative estimate of drug-likeness (QED) is 0.910. The Morgan fingerprint density at radius 1 is 0.889 bits per heavy atom. The van der Waals surface area contributed by atoms with Gasteiger partial charge >= 0.3 is 0 Å². The summed E-state index contributed by atoms with van der Waals surface area (Å²) in [6, 6.07) is 6.92. The minimum absolute atomic E-state index is 0.141. The Hall–Kier alpha value is -2.01. The van der Waals surface area contributed by atoms with E-state index in [1.165, 1.54) is 12.1 Å². The number of ether oxygens (including phenoxy) is 1. The fourth-order valence-electron chi connectivity index (χ4n) is 1.43. The van der Waals surface area contributed by atoms with E-state index >= 15 is 0 Å². The van der Waals surface area contributed by atoms with Crippen LogP contribution in [0.2, 0.25) is 0 Å². The lowest BCUT2D eigenvalue weighted by Crippen LogP contribution is -1.98. The van der Waals surface area contributed by atoms with Gasteiger partial charge in [-0.1, -0.05) is 6.07 Å². The van der Waals surface area contributed by atoms with Crippen molar-refractivity contribution in [2.45, 2.75) is 6.54 Å². The molecule has 0 radical (unpaired) electrons. The number of hydrogen-bond donors (Lipinski definition) is 1. The topological polar surface area (TPSA) is 35.2 Å². The van der Waals surface area contributed by atoms with Crippen LogP contribution in [0.3, 0.4) is 0 Å². The van der Waals surface area contributed by atoms with E-state index in [-0.39, 0.29) is 18.0 Å². The van der Waals surface area contributed by atoms with Crippen LogP contribution < -0.4 is 10.5 Å². The Kier molecular flexibility index (Phi) is 3.53. The molecule has 0 fully saturated rings. The molecule has 0 bridgehead atoms. The summed E-state index contributed by atoms with van der Waals surface area (Å²) < 4.78 is 44.6. The molecule has 0 spiro atoms. The Balaban J connectivity index is 2.28. The van der Waals surface area contributed by atoms with Crippen molar-refractivity contribution in [2.24, 2.45) is 5.73 Å². The molecule has 18 heavy (non-hydrogen) atoms. The van der Waals surface area contributed by atoms with Gasteiger partial charge in [0.2, 0.25) is 0 Å². The molecule has 0 atom stereocenters. The molecule has 2 N–H and O–H groups in total. The number of halogens is 3. The monoisotopic (exact) mass is 253 g/mol. The predicted molar refractivity (Wildman–Crippen MR) is 60.7 cm³/mol. The van der Waals surface area contributed by atoms with Gasteiger partial charge in [-0.05, 0) is 29.8 Å². The molecule has 2 nitrogen and oxygen atoms in total. The molecule has 0 aromatic heterocycles. The third-order valence-electron chi connectivity index (χ3n) is 2.35. The molecule has 0 aliphatic carbocycles. The van der Waals surface area contributed by atoms with Crippen LogP contribution in [0.1, 0.15) is 5.56 Å². The first-order valence-corrected chi connectivity index (χ1v) is 5.21. The smallest absolute Gasteiger partial charge is 0.168 e. The highest BCUT2D eigenvalue weighted by Gasteiger charge is 2.10. The van der Waals surface area contributed by atoms with Crippen molar-refractivity contribution >= 4 is 0 Å². The SMILES string of the molecule is NCc1ccc(Oc2ccc(F)cc2F)c(F)c1. The van der Waals surface area contributed by atoms with E-state index in [9.17, 15) is 13.2 Å². The molecular formula is C13H10F3NO. The van der Waals surface area contributed by atoms with Gasteiger partial charge in [0, 0.05) is 12.6 Å². The maximum atomic E-state index is 13.6. The fourth-order valence-corrected chi connectivity index (χ4v) is 1.43. The van der Waals surface area contributed by atoms with Crippen LogP contribution in [0.15, 0.2) is 36.4 Å². The van der Waals surface area contributed by atoms with E-state index in [0.717, 1.165) is 12.1 Å². The summed E-state index contributed by atoms with van der Waals surface area (Å²) in [5.74, 6) is -2.65. The second-order valence-electron chi connectivity index (χ2n) is 3.65. The molecule has 2 aromatic carbocycles. The molecule has 0 aliphatic rings. The molecule has 0 amide bonds. The van der Waals surface area contributed by atoms with Gasteiger partial charge in [0.15, 0.2) is 23.1 Å².